The molecule has 2 rings (SSSR count). The molecule has 0 aromatic carbocycles. The van der Waals surface area contributed by atoms with Crippen LogP contribution >= 0.6 is 0 Å². The van der Waals surface area contributed by atoms with E-state index >= 15 is 0 Å². The standard InChI is InChI=1S/C11H22N2O2S.H2/c1-12-10-2-4-11(5-3-10)13-6-8-16(14,15)9-7-13;/h10-12H,2-9H2,1H3;1H. The van der Waals surface area contributed by atoms with Gasteiger partial charge in [0, 0.05) is 26.6 Å². The average molecular weight is 248 g/mol. The summed E-state index contributed by atoms with van der Waals surface area (Å²) in [5.41, 5.74) is 0. The van der Waals surface area contributed by atoms with Gasteiger partial charge in [0.1, 0.15) is 0 Å². The van der Waals surface area contributed by atoms with E-state index < -0.39 is 9.84 Å². The molecule has 0 bridgehead atoms. The van der Waals surface area contributed by atoms with Crippen LogP contribution in [0.1, 0.15) is 27.1 Å². The van der Waals surface area contributed by atoms with Crippen molar-refractivity contribution in [3.8, 4) is 0 Å². The van der Waals surface area contributed by atoms with Crippen molar-refractivity contribution in [1.29, 1.82) is 0 Å². The Morgan fingerprint density at radius 3 is 2.19 bits per heavy atom. The second-order valence-corrected chi connectivity index (χ2v) is 7.29. The van der Waals surface area contributed by atoms with E-state index in [0.717, 1.165) is 13.1 Å². The summed E-state index contributed by atoms with van der Waals surface area (Å²) in [6.07, 6.45) is 4.88. The Balaban J connectivity index is 0.00000144. The quantitative estimate of drug-likeness (QED) is 0.773. The third-order valence-corrected chi connectivity index (χ3v) is 5.61. The van der Waals surface area contributed by atoms with Crippen molar-refractivity contribution in [3.63, 3.8) is 0 Å². The molecule has 0 unspecified atom stereocenters. The predicted molar refractivity (Wildman–Crippen MR) is 67.4 cm³/mol. The van der Waals surface area contributed by atoms with Gasteiger partial charge >= 0.3 is 0 Å². The highest BCUT2D eigenvalue weighted by molar-refractivity contribution is 7.91. The van der Waals surface area contributed by atoms with Gasteiger partial charge in [0.05, 0.1) is 11.5 Å². The minimum Gasteiger partial charge on any atom is -0.317 e. The first-order valence-corrected chi connectivity index (χ1v) is 8.04. The molecule has 96 valence electrons. The van der Waals surface area contributed by atoms with E-state index in [-0.39, 0.29) is 1.43 Å². The lowest BCUT2D eigenvalue weighted by Gasteiger charge is -2.38. The maximum atomic E-state index is 11.3. The van der Waals surface area contributed by atoms with Crippen molar-refractivity contribution in [2.45, 2.75) is 37.8 Å². The Morgan fingerprint density at radius 1 is 1.12 bits per heavy atom. The monoisotopic (exact) mass is 248 g/mol. The Labute approximate surface area is 99.8 Å². The van der Waals surface area contributed by atoms with E-state index in [0.29, 0.717) is 23.6 Å². The lowest BCUT2D eigenvalue weighted by atomic mass is 9.90. The number of rotatable bonds is 2. The fraction of sp³-hybridized carbons (Fsp3) is 1.00. The van der Waals surface area contributed by atoms with Crippen molar-refractivity contribution in [1.82, 2.24) is 10.2 Å². The van der Waals surface area contributed by atoms with Crippen LogP contribution < -0.4 is 5.32 Å². The SMILES string of the molecule is CNC1CCC(N2CCS(=O)(=O)CC2)CC1.[HH]. The Hall–Kier alpha value is -0.130. The molecule has 2 aliphatic rings. The van der Waals surface area contributed by atoms with E-state index in [2.05, 4.69) is 10.2 Å². The summed E-state index contributed by atoms with van der Waals surface area (Å²) in [5, 5.41) is 3.33. The molecule has 1 saturated heterocycles. The van der Waals surface area contributed by atoms with Crippen LogP contribution in [0.3, 0.4) is 0 Å². The van der Waals surface area contributed by atoms with Gasteiger partial charge in [-0.05, 0) is 32.7 Å². The largest absolute Gasteiger partial charge is 0.317 e. The molecule has 2 fully saturated rings. The summed E-state index contributed by atoms with van der Waals surface area (Å²) in [7, 11) is -0.698. The van der Waals surface area contributed by atoms with Crippen molar-refractivity contribution < 1.29 is 9.84 Å². The van der Waals surface area contributed by atoms with Gasteiger partial charge in [-0.2, -0.15) is 0 Å². The lowest BCUT2D eigenvalue weighted by molar-refractivity contribution is 0.156. The zero-order valence-electron chi connectivity index (χ0n) is 9.98. The fourth-order valence-electron chi connectivity index (χ4n) is 2.82. The summed E-state index contributed by atoms with van der Waals surface area (Å²) in [5.74, 6) is 0.720. The maximum absolute atomic E-state index is 11.3. The molecular formula is C11H24N2O2S. The maximum Gasteiger partial charge on any atom is 0.152 e. The minimum absolute atomic E-state index is 0. The molecule has 5 heteroatoms. The van der Waals surface area contributed by atoms with E-state index in [1.807, 2.05) is 7.05 Å². The second kappa shape index (κ2) is 5.02. The van der Waals surface area contributed by atoms with Crippen LogP contribution in [0.15, 0.2) is 0 Å². The molecule has 0 amide bonds. The molecule has 4 nitrogen and oxygen atoms in total. The Morgan fingerprint density at radius 2 is 1.69 bits per heavy atom. The van der Waals surface area contributed by atoms with Crippen molar-refractivity contribution in [2.24, 2.45) is 0 Å². The molecule has 1 aliphatic carbocycles. The summed E-state index contributed by atoms with van der Waals surface area (Å²) >= 11 is 0. The van der Waals surface area contributed by atoms with E-state index in [1.165, 1.54) is 25.7 Å². The first-order chi connectivity index (χ1) is 7.61. The summed E-state index contributed by atoms with van der Waals surface area (Å²) in [6, 6.07) is 1.30. The number of nitrogens with one attached hydrogen (secondary N) is 1. The number of nitrogens with zero attached hydrogens (tertiary/aromatic N) is 1. The molecule has 1 aliphatic heterocycles. The van der Waals surface area contributed by atoms with Gasteiger partial charge < -0.3 is 5.32 Å². The molecule has 0 spiro atoms. The van der Waals surface area contributed by atoms with Gasteiger partial charge in [-0.25, -0.2) is 8.42 Å². The van der Waals surface area contributed by atoms with Gasteiger partial charge in [0.25, 0.3) is 0 Å². The lowest BCUT2D eigenvalue weighted by Crippen LogP contribution is -2.48. The highest BCUT2D eigenvalue weighted by atomic mass is 32.2. The van der Waals surface area contributed by atoms with Crippen LogP contribution in [-0.4, -0.2) is 57.0 Å². The van der Waals surface area contributed by atoms with E-state index in [9.17, 15) is 8.42 Å². The molecular weight excluding hydrogens is 224 g/mol. The molecule has 1 saturated carbocycles. The van der Waals surface area contributed by atoms with Gasteiger partial charge in [0.2, 0.25) is 0 Å². The number of sulfone groups is 1. The summed E-state index contributed by atoms with van der Waals surface area (Å²) < 4.78 is 22.7. The Kier molecular flexibility index (Phi) is 3.87. The molecule has 1 N–H and O–H groups in total. The third-order valence-electron chi connectivity index (χ3n) is 4.00. The van der Waals surface area contributed by atoms with Crippen LogP contribution in [0.2, 0.25) is 0 Å². The zero-order valence-corrected chi connectivity index (χ0v) is 10.8. The molecule has 0 atom stereocenters. The van der Waals surface area contributed by atoms with Gasteiger partial charge in [-0.1, -0.05) is 0 Å². The normalized spacial score (nSPS) is 36.1. The molecule has 16 heavy (non-hydrogen) atoms. The van der Waals surface area contributed by atoms with Crippen LogP contribution in [-0.2, 0) is 9.84 Å². The first-order valence-electron chi connectivity index (χ1n) is 6.22. The van der Waals surface area contributed by atoms with Gasteiger partial charge in [-0.15, -0.1) is 0 Å². The molecule has 1 heterocycles. The first kappa shape index (κ1) is 12.3. The van der Waals surface area contributed by atoms with Crippen molar-refractivity contribution >= 4 is 9.84 Å². The topological polar surface area (TPSA) is 49.4 Å². The van der Waals surface area contributed by atoms with Crippen molar-refractivity contribution in [3.05, 3.63) is 0 Å². The molecule has 0 radical (unpaired) electrons. The van der Waals surface area contributed by atoms with Gasteiger partial charge in [-0.3, -0.25) is 4.90 Å². The summed E-state index contributed by atoms with van der Waals surface area (Å²) in [4.78, 5) is 2.38. The molecule has 0 aromatic heterocycles. The van der Waals surface area contributed by atoms with Crippen LogP contribution in [0, 0.1) is 0 Å². The smallest absolute Gasteiger partial charge is 0.152 e. The third kappa shape index (κ3) is 2.96. The zero-order chi connectivity index (χ0) is 11.6. The fourth-order valence-corrected chi connectivity index (χ4v) is 4.05. The summed E-state index contributed by atoms with van der Waals surface area (Å²) in [6.45, 7) is 1.49. The van der Waals surface area contributed by atoms with E-state index in [4.69, 9.17) is 0 Å². The molecule has 0 aromatic rings. The van der Waals surface area contributed by atoms with Crippen LogP contribution in [0.25, 0.3) is 0 Å². The number of hydrogen-bond donors (Lipinski definition) is 1. The van der Waals surface area contributed by atoms with Crippen LogP contribution in [0.4, 0.5) is 0 Å². The van der Waals surface area contributed by atoms with Crippen LogP contribution in [0.5, 0.6) is 0 Å². The van der Waals surface area contributed by atoms with Crippen molar-refractivity contribution in [2.75, 3.05) is 31.6 Å². The Bertz CT molecular complexity index is 312. The number of hydrogen-bond acceptors (Lipinski definition) is 4. The predicted octanol–water partition coefficient (Wildman–Crippen LogP) is 0.493. The average Bonchev–Trinajstić information content (AvgIpc) is 2.29. The minimum atomic E-state index is -2.72. The second-order valence-electron chi connectivity index (χ2n) is 4.98. The highest BCUT2D eigenvalue weighted by Gasteiger charge is 2.29. The van der Waals surface area contributed by atoms with Gasteiger partial charge in [0.15, 0.2) is 9.84 Å². The van der Waals surface area contributed by atoms with E-state index in [1.54, 1.807) is 0 Å². The highest BCUT2D eigenvalue weighted by Crippen LogP contribution is 2.24.